The van der Waals surface area contributed by atoms with E-state index in [0.29, 0.717) is 28.8 Å². The summed E-state index contributed by atoms with van der Waals surface area (Å²) in [6.07, 6.45) is 2.94. The number of benzene rings is 1. The zero-order valence-electron chi connectivity index (χ0n) is 13.4. The number of nitrogen functional groups attached to an aromatic ring is 1. The lowest BCUT2D eigenvalue weighted by Gasteiger charge is -2.12. The van der Waals surface area contributed by atoms with Crippen molar-refractivity contribution < 1.29 is 14.7 Å². The number of carboxylic acid groups (broad SMARTS) is 1. The van der Waals surface area contributed by atoms with E-state index in [0.717, 1.165) is 6.08 Å². The number of carbonyl (C=O) groups is 2. The Morgan fingerprint density at radius 2 is 2.04 bits per heavy atom. The van der Waals surface area contributed by atoms with Crippen LogP contribution in [0.15, 0.2) is 35.1 Å². The Bertz CT molecular complexity index is 894. The molecule has 124 valence electrons. The zero-order valence-corrected chi connectivity index (χ0v) is 13.4. The number of carboxylic acids is 1. The van der Waals surface area contributed by atoms with Gasteiger partial charge in [-0.05, 0) is 36.6 Å². The maximum absolute atomic E-state index is 12.9. The first-order chi connectivity index (χ1) is 11.3. The number of carbonyl (C=O) groups excluding carboxylic acids is 1. The number of ketones is 1. The van der Waals surface area contributed by atoms with Crippen LogP contribution < -0.4 is 11.3 Å². The lowest BCUT2D eigenvalue weighted by Crippen LogP contribution is -2.22. The third-order valence-corrected chi connectivity index (χ3v) is 3.72. The molecule has 4 N–H and O–H groups in total. The topological polar surface area (TPSA) is 113 Å². The Morgan fingerprint density at radius 3 is 2.67 bits per heavy atom. The third kappa shape index (κ3) is 3.43. The van der Waals surface area contributed by atoms with E-state index in [1.165, 1.54) is 6.08 Å². The molecule has 1 aromatic carbocycles. The van der Waals surface area contributed by atoms with E-state index in [-0.39, 0.29) is 17.0 Å². The fourth-order valence-corrected chi connectivity index (χ4v) is 2.57. The lowest BCUT2D eigenvalue weighted by molar-refractivity contribution is -0.131. The monoisotopic (exact) mass is 326 g/mol. The quantitative estimate of drug-likeness (QED) is 0.575. The van der Waals surface area contributed by atoms with Gasteiger partial charge >= 0.3 is 5.97 Å². The third-order valence-electron chi connectivity index (χ3n) is 3.72. The highest BCUT2D eigenvalue weighted by Gasteiger charge is 2.20. The maximum atomic E-state index is 12.9. The van der Waals surface area contributed by atoms with Crippen LogP contribution in [0, 0.1) is 6.92 Å². The SMILES string of the molecule is CCc1c(C)[nH]c(=O)c(N)c1C(=O)c1cccc(/C=C/C(=O)O)c1. The molecule has 2 rings (SSSR count). The van der Waals surface area contributed by atoms with Crippen molar-refractivity contribution in [2.24, 2.45) is 0 Å². The van der Waals surface area contributed by atoms with Crippen molar-refractivity contribution in [2.45, 2.75) is 20.3 Å². The number of anilines is 1. The summed E-state index contributed by atoms with van der Waals surface area (Å²) in [5, 5.41) is 8.69. The molecule has 0 aliphatic carbocycles. The molecule has 0 saturated carbocycles. The summed E-state index contributed by atoms with van der Waals surface area (Å²) in [6, 6.07) is 6.51. The number of H-pyrrole nitrogens is 1. The summed E-state index contributed by atoms with van der Waals surface area (Å²) in [5.74, 6) is -1.43. The minimum Gasteiger partial charge on any atom is -0.478 e. The first-order valence-corrected chi connectivity index (χ1v) is 7.42. The second kappa shape index (κ2) is 6.95. The second-order valence-corrected chi connectivity index (χ2v) is 5.33. The van der Waals surface area contributed by atoms with Crippen LogP contribution >= 0.6 is 0 Å². The molecule has 0 fully saturated rings. The van der Waals surface area contributed by atoms with Gasteiger partial charge in [0.25, 0.3) is 5.56 Å². The van der Waals surface area contributed by atoms with Gasteiger partial charge in [-0.25, -0.2) is 4.79 Å². The number of nitrogens with two attached hydrogens (primary N) is 1. The van der Waals surface area contributed by atoms with Crippen LogP contribution in [-0.2, 0) is 11.2 Å². The standard InChI is InChI=1S/C18H18N2O4/c1-3-13-10(2)20-18(24)16(19)15(13)17(23)12-6-4-5-11(9-12)7-8-14(21)22/h4-9H,3,19H2,1-2H3,(H,20,24)(H,21,22)/b8-7+. The highest BCUT2D eigenvalue weighted by Crippen LogP contribution is 2.21. The number of nitrogens with one attached hydrogen (secondary N) is 1. The Balaban J connectivity index is 2.56. The Labute approximate surface area is 138 Å². The first kappa shape index (κ1) is 17.2. The lowest BCUT2D eigenvalue weighted by atomic mass is 9.94. The number of rotatable bonds is 5. The number of aliphatic carboxylic acids is 1. The number of hydrogen-bond acceptors (Lipinski definition) is 4. The minimum atomic E-state index is -1.07. The van der Waals surface area contributed by atoms with Crippen LogP contribution in [0.5, 0.6) is 0 Å². The van der Waals surface area contributed by atoms with Crippen molar-refractivity contribution in [3.05, 3.63) is 68.6 Å². The molecular formula is C18H18N2O4. The summed E-state index contributed by atoms with van der Waals surface area (Å²) in [6.45, 7) is 3.60. The molecule has 0 aliphatic rings. The highest BCUT2D eigenvalue weighted by molar-refractivity contribution is 6.13. The summed E-state index contributed by atoms with van der Waals surface area (Å²) >= 11 is 0. The van der Waals surface area contributed by atoms with Gasteiger partial charge in [0.2, 0.25) is 0 Å². The van der Waals surface area contributed by atoms with Crippen LogP contribution in [-0.4, -0.2) is 21.8 Å². The average Bonchev–Trinajstić information content (AvgIpc) is 2.55. The Hall–Kier alpha value is -3.15. The molecule has 1 aromatic heterocycles. The van der Waals surface area contributed by atoms with Gasteiger partial charge in [0.1, 0.15) is 5.69 Å². The predicted octanol–water partition coefficient (Wildman–Crippen LogP) is 2.16. The number of aromatic nitrogens is 1. The van der Waals surface area contributed by atoms with E-state index >= 15 is 0 Å². The van der Waals surface area contributed by atoms with Crippen LogP contribution in [0.2, 0.25) is 0 Å². The molecule has 6 heteroatoms. The zero-order chi connectivity index (χ0) is 17.9. The largest absolute Gasteiger partial charge is 0.478 e. The van der Waals surface area contributed by atoms with Gasteiger partial charge in [-0.15, -0.1) is 0 Å². The molecule has 0 unspecified atom stereocenters. The molecule has 0 radical (unpaired) electrons. The van der Waals surface area contributed by atoms with Crippen molar-refractivity contribution in [3.63, 3.8) is 0 Å². The molecular weight excluding hydrogens is 308 g/mol. The van der Waals surface area contributed by atoms with Crippen molar-refractivity contribution in [1.29, 1.82) is 0 Å². The van der Waals surface area contributed by atoms with Gasteiger partial charge in [-0.1, -0.05) is 25.1 Å². The molecule has 0 spiro atoms. The molecule has 0 saturated heterocycles. The second-order valence-electron chi connectivity index (χ2n) is 5.33. The molecule has 0 aliphatic heterocycles. The van der Waals surface area contributed by atoms with Gasteiger partial charge < -0.3 is 15.8 Å². The molecule has 0 amide bonds. The molecule has 1 heterocycles. The number of aryl methyl sites for hydroxylation is 1. The number of aromatic amines is 1. The summed E-state index contributed by atoms with van der Waals surface area (Å²) < 4.78 is 0. The summed E-state index contributed by atoms with van der Waals surface area (Å²) in [7, 11) is 0. The average molecular weight is 326 g/mol. The van der Waals surface area contributed by atoms with Crippen molar-refractivity contribution >= 4 is 23.5 Å². The van der Waals surface area contributed by atoms with Gasteiger partial charge in [0, 0.05) is 17.3 Å². The van der Waals surface area contributed by atoms with E-state index in [2.05, 4.69) is 4.98 Å². The number of pyridine rings is 1. The molecule has 6 nitrogen and oxygen atoms in total. The predicted molar refractivity (Wildman–Crippen MR) is 92.1 cm³/mol. The van der Waals surface area contributed by atoms with Crippen molar-refractivity contribution in [2.75, 3.05) is 5.73 Å². The van der Waals surface area contributed by atoms with E-state index in [1.54, 1.807) is 31.2 Å². The summed E-state index contributed by atoms with van der Waals surface area (Å²) in [5.41, 5.74) is 7.68. The Kier molecular flexibility index (Phi) is 4.99. The van der Waals surface area contributed by atoms with Crippen molar-refractivity contribution in [3.8, 4) is 0 Å². The highest BCUT2D eigenvalue weighted by atomic mass is 16.4. The van der Waals surface area contributed by atoms with Crippen LogP contribution in [0.1, 0.15) is 39.7 Å². The van der Waals surface area contributed by atoms with Crippen LogP contribution in [0.25, 0.3) is 6.08 Å². The Morgan fingerprint density at radius 1 is 1.33 bits per heavy atom. The summed E-state index contributed by atoms with van der Waals surface area (Å²) in [4.78, 5) is 38.0. The fraction of sp³-hybridized carbons (Fsp3) is 0.167. The van der Waals surface area contributed by atoms with Crippen molar-refractivity contribution in [1.82, 2.24) is 4.98 Å². The van der Waals surface area contributed by atoms with Gasteiger partial charge in [0.05, 0.1) is 5.56 Å². The molecule has 0 bridgehead atoms. The van der Waals surface area contributed by atoms with E-state index in [1.807, 2.05) is 6.92 Å². The molecule has 2 aromatic rings. The van der Waals surface area contributed by atoms with E-state index in [9.17, 15) is 14.4 Å². The van der Waals surface area contributed by atoms with Crippen LogP contribution in [0.3, 0.4) is 0 Å². The number of hydrogen-bond donors (Lipinski definition) is 3. The van der Waals surface area contributed by atoms with Crippen LogP contribution in [0.4, 0.5) is 5.69 Å². The van der Waals surface area contributed by atoms with E-state index in [4.69, 9.17) is 10.8 Å². The molecule has 24 heavy (non-hydrogen) atoms. The van der Waals surface area contributed by atoms with Gasteiger partial charge in [-0.3, -0.25) is 9.59 Å². The normalized spacial score (nSPS) is 10.9. The fourth-order valence-electron chi connectivity index (χ4n) is 2.57. The van der Waals surface area contributed by atoms with E-state index < -0.39 is 11.5 Å². The maximum Gasteiger partial charge on any atom is 0.328 e. The minimum absolute atomic E-state index is 0.103. The smallest absolute Gasteiger partial charge is 0.328 e. The molecule has 0 atom stereocenters. The van der Waals surface area contributed by atoms with Gasteiger partial charge in [-0.2, -0.15) is 0 Å². The van der Waals surface area contributed by atoms with Gasteiger partial charge in [0.15, 0.2) is 5.78 Å². The first-order valence-electron chi connectivity index (χ1n) is 7.42.